The first-order valence-electron chi connectivity index (χ1n) is 13.2. The maximum atomic E-state index is 13.3. The Balaban J connectivity index is 3.18. The van der Waals surface area contributed by atoms with Crippen LogP contribution >= 0.6 is 0 Å². The zero-order chi connectivity index (χ0) is 30.1. The van der Waals surface area contributed by atoms with Crippen molar-refractivity contribution in [2.45, 2.75) is 82.9 Å². The van der Waals surface area contributed by atoms with Crippen molar-refractivity contribution in [3.05, 3.63) is 29.8 Å². The minimum atomic E-state index is -2.08. The molecule has 0 spiro atoms. The molecule has 0 aromatic heterocycles. The molecular weight excluding hydrogens is 526 g/mol. The summed E-state index contributed by atoms with van der Waals surface area (Å²) in [5, 5.41) is 29.2. The molecule has 222 valence electrons. The Hall–Kier alpha value is -3.84. The normalized spacial score (nSPS) is 12.5. The third-order valence-electron chi connectivity index (χ3n) is 6.09. The van der Waals surface area contributed by atoms with E-state index < -0.39 is 54.3 Å². The summed E-state index contributed by atoms with van der Waals surface area (Å²) in [6.07, 6.45) is 3.53. The van der Waals surface area contributed by atoms with Crippen LogP contribution in [0.15, 0.2) is 24.3 Å². The van der Waals surface area contributed by atoms with Gasteiger partial charge in [-0.15, -0.1) is 0 Å². The smallest absolute Gasteiger partial charge is 0.356 e. The van der Waals surface area contributed by atoms with Crippen molar-refractivity contribution >= 4 is 36.0 Å². The van der Waals surface area contributed by atoms with E-state index in [1.54, 1.807) is 12.1 Å². The van der Waals surface area contributed by atoms with Gasteiger partial charge in [-0.25, -0.2) is 9.59 Å². The number of nitrogens with two attached hydrogens (primary N) is 1. The van der Waals surface area contributed by atoms with Crippen LogP contribution in [0.2, 0.25) is 0 Å². The van der Waals surface area contributed by atoms with Gasteiger partial charge >= 0.3 is 17.9 Å². The van der Waals surface area contributed by atoms with E-state index in [2.05, 4.69) is 5.32 Å². The van der Waals surface area contributed by atoms with Crippen LogP contribution in [-0.4, -0.2) is 87.5 Å². The Morgan fingerprint density at radius 1 is 0.925 bits per heavy atom. The number of nitrogens with zero attached hydrogens (tertiary/aromatic N) is 1. The molecule has 0 heterocycles. The predicted octanol–water partition coefficient (Wildman–Crippen LogP) is 1.21. The minimum Gasteiger partial charge on any atom is -0.481 e. The standard InChI is InChI=1S/C27H39N3O10/c1-2-3-6-13-30(14-7-4-5-8-15-31)21(25(35)29-24(34)20(28)17-22(32)33)16-18-9-11-19(12-10-18)40-23(26(36)37)27(38)39/h9-12,15,20-21,23H,2-8,13-14,16-17,28H2,1H3,(H,32,33)(H,36,37)(H,38,39)(H,29,34,35)/t20-,21-/m0/s1. The lowest BCUT2D eigenvalue weighted by atomic mass is 10.0. The van der Waals surface area contributed by atoms with Gasteiger partial charge < -0.3 is 30.6 Å². The molecule has 2 amide bonds. The van der Waals surface area contributed by atoms with Gasteiger partial charge in [-0.1, -0.05) is 38.3 Å². The topological polar surface area (TPSA) is 214 Å². The molecule has 1 rings (SSSR count). The third-order valence-corrected chi connectivity index (χ3v) is 6.09. The SMILES string of the molecule is CCCCCN(CCCCCC=O)[C@@H](Cc1ccc(OC(C(=O)O)C(=O)O)cc1)C(=O)NC(=O)[C@@H](N)CC(=O)O. The fraction of sp³-hybridized carbons (Fsp3) is 0.556. The number of carboxylic acids is 3. The molecule has 0 aliphatic rings. The Morgan fingerprint density at radius 3 is 2.05 bits per heavy atom. The lowest BCUT2D eigenvalue weighted by molar-refractivity contribution is -0.159. The highest BCUT2D eigenvalue weighted by Crippen LogP contribution is 2.18. The first-order valence-corrected chi connectivity index (χ1v) is 13.2. The van der Waals surface area contributed by atoms with Crippen molar-refractivity contribution in [1.82, 2.24) is 10.2 Å². The maximum absolute atomic E-state index is 13.3. The summed E-state index contributed by atoms with van der Waals surface area (Å²) in [7, 11) is 0. The van der Waals surface area contributed by atoms with Crippen LogP contribution in [0.4, 0.5) is 0 Å². The van der Waals surface area contributed by atoms with Crippen molar-refractivity contribution in [3.8, 4) is 5.75 Å². The quantitative estimate of drug-likeness (QED) is 0.0808. The lowest BCUT2D eigenvalue weighted by Crippen LogP contribution is -2.53. The van der Waals surface area contributed by atoms with Gasteiger partial charge in [-0.2, -0.15) is 0 Å². The number of aliphatic carboxylic acids is 3. The van der Waals surface area contributed by atoms with E-state index in [0.717, 1.165) is 32.0 Å². The molecule has 1 aromatic carbocycles. The van der Waals surface area contributed by atoms with Gasteiger partial charge in [0.15, 0.2) is 0 Å². The van der Waals surface area contributed by atoms with E-state index >= 15 is 0 Å². The Bertz CT molecular complexity index is 985. The molecule has 13 heteroatoms. The summed E-state index contributed by atoms with van der Waals surface area (Å²) in [6, 6.07) is 3.65. The van der Waals surface area contributed by atoms with E-state index in [1.807, 2.05) is 11.8 Å². The number of unbranched alkanes of at least 4 members (excludes halogenated alkanes) is 5. The van der Waals surface area contributed by atoms with E-state index in [0.29, 0.717) is 37.9 Å². The number of aldehydes is 1. The number of carbonyl (C=O) groups is 6. The summed E-state index contributed by atoms with van der Waals surface area (Å²) >= 11 is 0. The van der Waals surface area contributed by atoms with Gasteiger partial charge in [0.2, 0.25) is 11.8 Å². The summed E-state index contributed by atoms with van der Waals surface area (Å²) in [6.45, 7) is 3.10. The monoisotopic (exact) mass is 565 g/mol. The summed E-state index contributed by atoms with van der Waals surface area (Å²) in [4.78, 5) is 71.5. The zero-order valence-electron chi connectivity index (χ0n) is 22.6. The molecule has 0 saturated heterocycles. The second-order valence-corrected chi connectivity index (χ2v) is 9.36. The molecule has 0 unspecified atom stereocenters. The van der Waals surface area contributed by atoms with Crippen LogP contribution in [0.5, 0.6) is 5.75 Å². The molecule has 2 atom stereocenters. The van der Waals surface area contributed by atoms with Crippen molar-refractivity contribution in [1.29, 1.82) is 0 Å². The molecule has 0 fully saturated rings. The highest BCUT2D eigenvalue weighted by molar-refractivity contribution is 6.01. The highest BCUT2D eigenvalue weighted by atomic mass is 16.5. The van der Waals surface area contributed by atoms with Crippen LogP contribution < -0.4 is 15.8 Å². The van der Waals surface area contributed by atoms with Crippen LogP contribution in [0.25, 0.3) is 0 Å². The molecule has 0 saturated carbocycles. The Labute approximate surface area is 232 Å². The second-order valence-electron chi connectivity index (χ2n) is 9.36. The zero-order valence-corrected chi connectivity index (χ0v) is 22.6. The lowest BCUT2D eigenvalue weighted by Gasteiger charge is -2.31. The van der Waals surface area contributed by atoms with Crippen LogP contribution in [-0.2, 0) is 35.2 Å². The summed E-state index contributed by atoms with van der Waals surface area (Å²) in [5.74, 6) is -6.14. The number of rotatable bonds is 21. The number of imide groups is 1. The molecule has 1 aromatic rings. The molecule has 40 heavy (non-hydrogen) atoms. The third kappa shape index (κ3) is 12.8. The summed E-state index contributed by atoms with van der Waals surface area (Å²) < 4.78 is 5.03. The first-order chi connectivity index (χ1) is 19.0. The van der Waals surface area contributed by atoms with E-state index in [4.69, 9.17) is 25.8 Å². The minimum absolute atomic E-state index is 0.00403. The fourth-order valence-corrected chi connectivity index (χ4v) is 3.94. The number of amides is 2. The molecule has 6 N–H and O–H groups in total. The average Bonchev–Trinajstić information content (AvgIpc) is 2.89. The number of hydrogen-bond donors (Lipinski definition) is 5. The molecule has 0 radical (unpaired) electrons. The van der Waals surface area contributed by atoms with Gasteiger partial charge in [-0.3, -0.25) is 24.6 Å². The number of benzene rings is 1. The van der Waals surface area contributed by atoms with Gasteiger partial charge in [0, 0.05) is 6.42 Å². The van der Waals surface area contributed by atoms with Crippen LogP contribution in [0, 0.1) is 0 Å². The Morgan fingerprint density at radius 2 is 1.52 bits per heavy atom. The largest absolute Gasteiger partial charge is 0.481 e. The molecule has 13 nitrogen and oxygen atoms in total. The van der Waals surface area contributed by atoms with Crippen molar-refractivity contribution < 1.29 is 48.8 Å². The molecule has 0 aliphatic heterocycles. The molecular formula is C27H39N3O10. The van der Waals surface area contributed by atoms with Gasteiger partial charge in [-0.05, 0) is 56.5 Å². The van der Waals surface area contributed by atoms with Gasteiger partial charge in [0.1, 0.15) is 12.0 Å². The number of carboxylic acid groups (broad SMARTS) is 3. The average molecular weight is 566 g/mol. The van der Waals surface area contributed by atoms with Crippen LogP contribution in [0.3, 0.4) is 0 Å². The van der Waals surface area contributed by atoms with E-state index in [9.17, 15) is 28.8 Å². The Kier molecular flexibility index (Phi) is 15.8. The van der Waals surface area contributed by atoms with Crippen molar-refractivity contribution in [3.63, 3.8) is 0 Å². The fourth-order valence-electron chi connectivity index (χ4n) is 3.94. The first kappa shape index (κ1) is 34.2. The highest BCUT2D eigenvalue weighted by Gasteiger charge is 2.30. The predicted molar refractivity (Wildman–Crippen MR) is 143 cm³/mol. The van der Waals surface area contributed by atoms with E-state index in [-0.39, 0.29) is 12.2 Å². The summed E-state index contributed by atoms with van der Waals surface area (Å²) in [5.41, 5.74) is 6.26. The number of carbonyl (C=O) groups excluding carboxylic acids is 3. The van der Waals surface area contributed by atoms with Crippen LogP contribution in [0.1, 0.15) is 63.9 Å². The van der Waals surface area contributed by atoms with E-state index in [1.165, 1.54) is 12.1 Å². The number of nitrogens with one attached hydrogen (secondary N) is 1. The second kappa shape index (κ2) is 18.4. The van der Waals surface area contributed by atoms with Gasteiger partial charge in [0.25, 0.3) is 6.10 Å². The van der Waals surface area contributed by atoms with Crippen molar-refractivity contribution in [2.75, 3.05) is 13.1 Å². The maximum Gasteiger partial charge on any atom is 0.356 e. The molecule has 0 aliphatic carbocycles. The van der Waals surface area contributed by atoms with Crippen molar-refractivity contribution in [2.24, 2.45) is 5.73 Å². The number of hydrogen-bond acceptors (Lipinski definition) is 9. The van der Waals surface area contributed by atoms with Gasteiger partial charge in [0.05, 0.1) is 18.5 Å². The molecule has 0 bridgehead atoms. The number of ether oxygens (including phenoxy) is 1.